The number of halogens is 1. The molecule has 0 saturated carbocycles. The molecule has 1 rings (SSSR count). The van der Waals surface area contributed by atoms with Crippen LogP contribution in [0.5, 0.6) is 0 Å². The molecule has 0 atom stereocenters. The Morgan fingerprint density at radius 1 is 1.46 bits per heavy atom. The van der Waals surface area contributed by atoms with Gasteiger partial charge in [0.25, 0.3) is 0 Å². The van der Waals surface area contributed by atoms with Crippen LogP contribution in [0.1, 0.15) is 15.9 Å². The van der Waals surface area contributed by atoms with E-state index in [2.05, 4.69) is 11.5 Å². The van der Waals surface area contributed by atoms with Crippen molar-refractivity contribution in [3.63, 3.8) is 0 Å². The Bertz CT molecular complexity index is 303. The summed E-state index contributed by atoms with van der Waals surface area (Å²) < 4.78 is 11.5. The Kier molecular flexibility index (Phi) is 3.20. The molecule has 0 aromatic heterocycles. The fourth-order valence-electron chi connectivity index (χ4n) is 0.988. The topological polar surface area (TPSA) is 26.3 Å². The highest BCUT2D eigenvalue weighted by Crippen LogP contribution is 2.06. The minimum atomic E-state index is -0.967. The third kappa shape index (κ3) is 2.40. The summed E-state index contributed by atoms with van der Waals surface area (Å²) in [5, 5.41) is 0. The Morgan fingerprint density at radius 3 is 2.54 bits per heavy atom. The summed E-state index contributed by atoms with van der Waals surface area (Å²) in [7, 11) is 0. The summed E-state index contributed by atoms with van der Waals surface area (Å²) in [6.07, 6.45) is 2.48. The van der Waals surface area contributed by atoms with Gasteiger partial charge >= 0.3 is 5.97 Å². The van der Waals surface area contributed by atoms with Gasteiger partial charge in [0.1, 0.15) is 0 Å². The normalized spacial score (nSPS) is 9.31. The van der Waals surface area contributed by atoms with Crippen molar-refractivity contribution >= 4 is 5.97 Å². The van der Waals surface area contributed by atoms with Gasteiger partial charge in [-0.1, -0.05) is 18.2 Å². The van der Waals surface area contributed by atoms with Gasteiger partial charge in [-0.25, -0.2) is 9.74 Å². The second kappa shape index (κ2) is 4.40. The van der Waals surface area contributed by atoms with Crippen LogP contribution in [-0.2, 0) is 11.4 Å². The van der Waals surface area contributed by atoms with Gasteiger partial charge in [-0.05, 0) is 24.1 Å². The number of carbonyl (C=O) groups is 1. The molecule has 0 amide bonds. The third-order valence-electron chi connectivity index (χ3n) is 1.64. The molecule has 13 heavy (non-hydrogen) atoms. The Balaban J connectivity index is 2.80. The van der Waals surface area contributed by atoms with Crippen LogP contribution >= 0.6 is 0 Å². The highest BCUT2D eigenvalue weighted by atomic mass is 19.3. The highest BCUT2D eigenvalue weighted by Gasteiger charge is 2.05. The molecule has 0 spiro atoms. The van der Waals surface area contributed by atoms with Gasteiger partial charge in [0.15, 0.2) is 0 Å². The second-order valence-electron chi connectivity index (χ2n) is 2.55. The maximum absolute atomic E-state index is 11.5. The summed E-state index contributed by atoms with van der Waals surface area (Å²) >= 11 is 0. The predicted octanol–water partition coefficient (Wildman–Crippen LogP) is 2.46. The monoisotopic (exact) mass is 180 g/mol. The van der Waals surface area contributed by atoms with Gasteiger partial charge in [-0.2, -0.15) is 0 Å². The number of carbonyl (C=O) groups excluding carboxylic acids is 1. The molecular formula is C10H9FO2. The molecule has 0 aliphatic heterocycles. The Morgan fingerprint density at radius 2 is 2.08 bits per heavy atom. The van der Waals surface area contributed by atoms with Crippen molar-refractivity contribution in [2.45, 2.75) is 6.42 Å². The van der Waals surface area contributed by atoms with Crippen molar-refractivity contribution < 1.29 is 14.3 Å². The molecule has 0 radical (unpaired) electrons. The van der Waals surface area contributed by atoms with Crippen LogP contribution in [0.3, 0.4) is 0 Å². The fourth-order valence-corrected chi connectivity index (χ4v) is 0.988. The van der Waals surface area contributed by atoms with Gasteiger partial charge in [0, 0.05) is 4.53 Å². The highest BCUT2D eigenvalue weighted by molar-refractivity contribution is 5.88. The van der Waals surface area contributed by atoms with Gasteiger partial charge in [-0.15, -0.1) is 6.58 Å². The van der Waals surface area contributed by atoms with E-state index in [0.29, 0.717) is 0 Å². The smallest absolute Gasteiger partial charge is 0.249 e. The van der Waals surface area contributed by atoms with Crippen molar-refractivity contribution in [1.29, 1.82) is 0 Å². The standard InChI is InChI=1S/C10H9FO2/c1-2-3-8-4-6-9(7-5-8)10(12)13-11/h2,4-7H,1,3H2. The van der Waals surface area contributed by atoms with E-state index < -0.39 is 5.97 Å². The van der Waals surface area contributed by atoms with E-state index in [9.17, 15) is 9.32 Å². The number of hydrogen-bond acceptors (Lipinski definition) is 2. The van der Waals surface area contributed by atoms with Gasteiger partial charge in [-0.3, -0.25) is 0 Å². The number of benzene rings is 1. The minimum absolute atomic E-state index is 0.204. The molecule has 0 N–H and O–H groups in total. The number of rotatable bonds is 3. The van der Waals surface area contributed by atoms with Crippen LogP contribution in [0.4, 0.5) is 4.53 Å². The SMILES string of the molecule is C=CCc1ccc(C(=O)OF)cc1. The molecule has 0 aliphatic rings. The van der Waals surface area contributed by atoms with Crippen LogP contribution < -0.4 is 0 Å². The number of allylic oxidation sites excluding steroid dienone is 1. The predicted molar refractivity (Wildman–Crippen MR) is 46.9 cm³/mol. The first-order valence-corrected chi connectivity index (χ1v) is 3.80. The minimum Gasteiger partial charge on any atom is -0.249 e. The Hall–Kier alpha value is -1.64. The molecule has 0 unspecified atom stereocenters. The molecule has 0 saturated heterocycles. The van der Waals surface area contributed by atoms with Gasteiger partial charge in [0.2, 0.25) is 0 Å². The van der Waals surface area contributed by atoms with Gasteiger partial charge in [0.05, 0.1) is 5.56 Å². The zero-order valence-electron chi connectivity index (χ0n) is 7.00. The van der Waals surface area contributed by atoms with E-state index >= 15 is 0 Å². The zero-order valence-corrected chi connectivity index (χ0v) is 7.00. The second-order valence-corrected chi connectivity index (χ2v) is 2.55. The molecule has 0 bridgehead atoms. The van der Waals surface area contributed by atoms with E-state index in [1.807, 2.05) is 0 Å². The van der Waals surface area contributed by atoms with Crippen molar-refractivity contribution in [2.75, 3.05) is 0 Å². The summed E-state index contributed by atoms with van der Waals surface area (Å²) in [6.45, 7) is 3.58. The molecule has 2 nitrogen and oxygen atoms in total. The summed E-state index contributed by atoms with van der Waals surface area (Å²) in [5.41, 5.74) is 1.22. The van der Waals surface area contributed by atoms with Crippen LogP contribution in [0, 0.1) is 0 Å². The molecule has 0 heterocycles. The van der Waals surface area contributed by atoms with E-state index in [-0.39, 0.29) is 5.56 Å². The first-order chi connectivity index (χ1) is 6.27. The zero-order chi connectivity index (χ0) is 9.68. The molecule has 0 aliphatic carbocycles. The average molecular weight is 180 g/mol. The first-order valence-electron chi connectivity index (χ1n) is 3.80. The number of hydrogen-bond donors (Lipinski definition) is 0. The summed E-state index contributed by atoms with van der Waals surface area (Å²) in [4.78, 5) is 13.7. The fraction of sp³-hybridized carbons (Fsp3) is 0.100. The summed E-state index contributed by atoms with van der Waals surface area (Å²) in [6, 6.07) is 6.49. The van der Waals surface area contributed by atoms with E-state index in [1.54, 1.807) is 18.2 Å². The lowest BCUT2D eigenvalue weighted by Crippen LogP contribution is -1.98. The van der Waals surface area contributed by atoms with Crippen LogP contribution in [0.15, 0.2) is 36.9 Å². The third-order valence-corrected chi connectivity index (χ3v) is 1.64. The van der Waals surface area contributed by atoms with Gasteiger partial charge < -0.3 is 0 Å². The Labute approximate surface area is 75.5 Å². The molecule has 0 fully saturated rings. The lowest BCUT2D eigenvalue weighted by Gasteiger charge is -1.97. The molecule has 68 valence electrons. The molecule has 3 heteroatoms. The first kappa shape index (κ1) is 9.45. The quantitative estimate of drug-likeness (QED) is 0.668. The largest absolute Gasteiger partial charge is 0.379 e. The van der Waals surface area contributed by atoms with Crippen molar-refractivity contribution in [3.05, 3.63) is 48.0 Å². The van der Waals surface area contributed by atoms with E-state index in [1.165, 1.54) is 12.1 Å². The van der Waals surface area contributed by atoms with Crippen LogP contribution in [0.2, 0.25) is 0 Å². The van der Waals surface area contributed by atoms with Crippen molar-refractivity contribution in [3.8, 4) is 0 Å². The molecular weight excluding hydrogens is 171 g/mol. The van der Waals surface area contributed by atoms with E-state index in [0.717, 1.165) is 12.0 Å². The lowest BCUT2D eigenvalue weighted by atomic mass is 10.1. The van der Waals surface area contributed by atoms with Crippen LogP contribution in [0.25, 0.3) is 0 Å². The van der Waals surface area contributed by atoms with E-state index in [4.69, 9.17) is 0 Å². The molecule has 1 aromatic rings. The maximum Gasteiger partial charge on any atom is 0.379 e. The summed E-state index contributed by atoms with van der Waals surface area (Å²) in [5.74, 6) is -0.967. The van der Waals surface area contributed by atoms with Crippen molar-refractivity contribution in [1.82, 2.24) is 0 Å². The molecule has 1 aromatic carbocycles. The average Bonchev–Trinajstić information content (AvgIpc) is 2.18. The van der Waals surface area contributed by atoms with Crippen LogP contribution in [-0.4, -0.2) is 5.97 Å². The van der Waals surface area contributed by atoms with Crippen molar-refractivity contribution in [2.24, 2.45) is 0 Å². The maximum atomic E-state index is 11.5. The lowest BCUT2D eigenvalue weighted by molar-refractivity contribution is -0.0788.